The minimum absolute atomic E-state index is 0.153. The third-order valence-corrected chi connectivity index (χ3v) is 2.51. The molecule has 0 saturated carbocycles. The molecule has 3 amide bonds. The molecule has 0 aromatic heterocycles. The second-order valence-corrected chi connectivity index (χ2v) is 4.02. The summed E-state index contributed by atoms with van der Waals surface area (Å²) >= 11 is 0. The number of rotatable bonds is 4. The van der Waals surface area contributed by atoms with Crippen molar-refractivity contribution in [1.29, 1.82) is 0 Å². The van der Waals surface area contributed by atoms with Gasteiger partial charge in [0, 0.05) is 6.04 Å². The van der Waals surface area contributed by atoms with Crippen LogP contribution in [0.4, 0.5) is 9.18 Å². The Hall–Kier alpha value is -1.95. The zero-order valence-electron chi connectivity index (χ0n) is 10.2. The van der Waals surface area contributed by atoms with Crippen molar-refractivity contribution in [2.45, 2.75) is 25.9 Å². The number of carbonyl (C=O) groups excluding carboxylic acids is 2. The number of urea groups is 1. The van der Waals surface area contributed by atoms with Gasteiger partial charge in [0.25, 0.3) is 0 Å². The molecule has 98 valence electrons. The second kappa shape index (κ2) is 6.11. The van der Waals surface area contributed by atoms with Crippen LogP contribution in [0.2, 0.25) is 0 Å². The van der Waals surface area contributed by atoms with Gasteiger partial charge in [-0.2, -0.15) is 0 Å². The smallest absolute Gasteiger partial charge is 0.318 e. The first-order valence-corrected chi connectivity index (χ1v) is 5.52. The Balaban J connectivity index is 2.58. The first-order valence-electron chi connectivity index (χ1n) is 5.52. The molecule has 0 aliphatic rings. The molecule has 5 nitrogen and oxygen atoms in total. The van der Waals surface area contributed by atoms with E-state index >= 15 is 0 Å². The van der Waals surface area contributed by atoms with Crippen molar-refractivity contribution in [3.05, 3.63) is 35.6 Å². The van der Waals surface area contributed by atoms with Gasteiger partial charge >= 0.3 is 6.03 Å². The van der Waals surface area contributed by atoms with Crippen LogP contribution in [0.1, 0.15) is 25.5 Å². The van der Waals surface area contributed by atoms with Gasteiger partial charge in [-0.3, -0.25) is 15.4 Å². The van der Waals surface area contributed by atoms with Gasteiger partial charge in [0.15, 0.2) is 0 Å². The number of nitrogens with two attached hydrogens (primary N) is 1. The van der Waals surface area contributed by atoms with E-state index in [0.29, 0.717) is 0 Å². The molecule has 4 N–H and O–H groups in total. The van der Waals surface area contributed by atoms with Gasteiger partial charge in [-0.05, 0) is 31.5 Å². The molecular formula is C12H16FN3O2. The van der Waals surface area contributed by atoms with Crippen molar-refractivity contribution in [2.75, 3.05) is 0 Å². The standard InChI is InChI=1S/C12H16FN3O2/c1-7(9-3-5-10(13)6-4-9)15-8(2)11(17)16-12(14)18/h3-8,15H,1-2H3,(H3,14,16,17,18). The highest BCUT2D eigenvalue weighted by Gasteiger charge is 2.17. The van der Waals surface area contributed by atoms with Crippen molar-refractivity contribution >= 4 is 11.9 Å². The molecule has 0 heterocycles. The molecule has 6 heteroatoms. The number of primary amides is 1. The molecule has 1 rings (SSSR count). The van der Waals surface area contributed by atoms with Gasteiger partial charge in [-0.1, -0.05) is 12.1 Å². The Morgan fingerprint density at radius 2 is 1.78 bits per heavy atom. The highest BCUT2D eigenvalue weighted by molar-refractivity contribution is 5.96. The fourth-order valence-corrected chi connectivity index (χ4v) is 1.53. The van der Waals surface area contributed by atoms with Crippen LogP contribution in [0.15, 0.2) is 24.3 Å². The number of hydrogen-bond acceptors (Lipinski definition) is 3. The summed E-state index contributed by atoms with van der Waals surface area (Å²) in [5.41, 5.74) is 5.69. The molecular weight excluding hydrogens is 237 g/mol. The Bertz CT molecular complexity index is 433. The van der Waals surface area contributed by atoms with Crippen LogP contribution in [-0.2, 0) is 4.79 Å². The zero-order chi connectivity index (χ0) is 13.7. The summed E-state index contributed by atoms with van der Waals surface area (Å²) in [5, 5.41) is 4.96. The van der Waals surface area contributed by atoms with Crippen LogP contribution in [0.25, 0.3) is 0 Å². The predicted molar refractivity (Wildman–Crippen MR) is 65.1 cm³/mol. The SMILES string of the molecule is CC(NC(C)c1ccc(F)cc1)C(=O)NC(N)=O. The second-order valence-electron chi connectivity index (χ2n) is 4.02. The van der Waals surface area contributed by atoms with E-state index in [0.717, 1.165) is 5.56 Å². The fourth-order valence-electron chi connectivity index (χ4n) is 1.53. The molecule has 0 aliphatic carbocycles. The number of halogens is 1. The van der Waals surface area contributed by atoms with Gasteiger partial charge in [0.2, 0.25) is 5.91 Å². The quantitative estimate of drug-likeness (QED) is 0.750. The van der Waals surface area contributed by atoms with Crippen molar-refractivity contribution in [3.8, 4) is 0 Å². The number of benzene rings is 1. The van der Waals surface area contributed by atoms with Crippen LogP contribution >= 0.6 is 0 Å². The average Bonchev–Trinajstić information content (AvgIpc) is 2.28. The highest BCUT2D eigenvalue weighted by Crippen LogP contribution is 2.13. The summed E-state index contributed by atoms with van der Waals surface area (Å²) in [5.74, 6) is -0.818. The molecule has 18 heavy (non-hydrogen) atoms. The Kier molecular flexibility index (Phi) is 4.79. The van der Waals surface area contributed by atoms with E-state index in [2.05, 4.69) is 5.32 Å². The summed E-state index contributed by atoms with van der Waals surface area (Å²) in [7, 11) is 0. The molecule has 0 radical (unpaired) electrons. The van der Waals surface area contributed by atoms with Crippen LogP contribution in [0, 0.1) is 5.82 Å². The minimum atomic E-state index is -0.886. The number of nitrogens with one attached hydrogen (secondary N) is 2. The van der Waals surface area contributed by atoms with Crippen molar-refractivity contribution in [3.63, 3.8) is 0 Å². The first kappa shape index (κ1) is 14.1. The lowest BCUT2D eigenvalue weighted by Gasteiger charge is -2.19. The maximum absolute atomic E-state index is 12.7. The Morgan fingerprint density at radius 1 is 1.22 bits per heavy atom. The average molecular weight is 253 g/mol. The van der Waals surface area contributed by atoms with Gasteiger partial charge < -0.3 is 5.73 Å². The van der Waals surface area contributed by atoms with E-state index in [4.69, 9.17) is 5.73 Å². The predicted octanol–water partition coefficient (Wildman–Crippen LogP) is 1.06. The molecule has 0 spiro atoms. The lowest BCUT2D eigenvalue weighted by molar-refractivity contribution is -0.121. The normalized spacial score (nSPS) is 13.7. The van der Waals surface area contributed by atoms with Gasteiger partial charge in [-0.15, -0.1) is 0 Å². The topological polar surface area (TPSA) is 84.2 Å². The molecule has 2 unspecified atom stereocenters. The summed E-state index contributed by atoms with van der Waals surface area (Å²) in [4.78, 5) is 22.0. The summed E-state index contributed by atoms with van der Waals surface area (Å²) in [6, 6.07) is 4.33. The van der Waals surface area contributed by atoms with E-state index in [1.807, 2.05) is 12.2 Å². The van der Waals surface area contributed by atoms with E-state index in [1.54, 1.807) is 19.1 Å². The van der Waals surface area contributed by atoms with Crippen molar-refractivity contribution in [2.24, 2.45) is 5.73 Å². The number of imide groups is 1. The van der Waals surface area contributed by atoms with Crippen LogP contribution in [0.3, 0.4) is 0 Å². The number of carbonyl (C=O) groups is 2. The minimum Gasteiger partial charge on any atom is -0.351 e. The summed E-state index contributed by atoms with van der Waals surface area (Å²) < 4.78 is 12.7. The largest absolute Gasteiger partial charge is 0.351 e. The molecule has 1 aromatic rings. The fraction of sp³-hybridized carbons (Fsp3) is 0.333. The monoisotopic (exact) mass is 253 g/mol. The summed E-state index contributed by atoms with van der Waals surface area (Å²) in [6.07, 6.45) is 0. The van der Waals surface area contributed by atoms with E-state index in [-0.39, 0.29) is 11.9 Å². The maximum Gasteiger partial charge on any atom is 0.318 e. The van der Waals surface area contributed by atoms with Gasteiger partial charge in [0.05, 0.1) is 6.04 Å². The van der Waals surface area contributed by atoms with Crippen LogP contribution in [0.5, 0.6) is 0 Å². The highest BCUT2D eigenvalue weighted by atomic mass is 19.1. The van der Waals surface area contributed by atoms with Gasteiger partial charge in [-0.25, -0.2) is 9.18 Å². The molecule has 2 atom stereocenters. The molecule has 0 saturated heterocycles. The van der Waals surface area contributed by atoms with Crippen molar-refractivity contribution < 1.29 is 14.0 Å². The maximum atomic E-state index is 12.7. The number of hydrogen-bond donors (Lipinski definition) is 3. The lowest BCUT2D eigenvalue weighted by atomic mass is 10.1. The number of amides is 3. The third kappa shape index (κ3) is 4.14. The zero-order valence-corrected chi connectivity index (χ0v) is 10.2. The van der Waals surface area contributed by atoms with E-state index in [9.17, 15) is 14.0 Å². The molecule has 1 aromatic carbocycles. The third-order valence-electron chi connectivity index (χ3n) is 2.51. The molecule has 0 aliphatic heterocycles. The van der Waals surface area contributed by atoms with Crippen LogP contribution in [-0.4, -0.2) is 18.0 Å². The molecule has 0 bridgehead atoms. The Labute approximate surface area is 105 Å². The van der Waals surface area contributed by atoms with Crippen molar-refractivity contribution in [1.82, 2.24) is 10.6 Å². The lowest BCUT2D eigenvalue weighted by Crippen LogP contribution is -2.47. The summed E-state index contributed by atoms with van der Waals surface area (Å²) in [6.45, 7) is 3.44. The van der Waals surface area contributed by atoms with Crippen LogP contribution < -0.4 is 16.4 Å². The first-order chi connectivity index (χ1) is 8.40. The Morgan fingerprint density at radius 3 is 2.28 bits per heavy atom. The molecule has 0 fully saturated rings. The van der Waals surface area contributed by atoms with E-state index in [1.165, 1.54) is 12.1 Å². The van der Waals surface area contributed by atoms with E-state index < -0.39 is 18.0 Å². The van der Waals surface area contributed by atoms with Gasteiger partial charge in [0.1, 0.15) is 5.82 Å².